The Hall–Kier alpha value is -1.05. The number of rotatable bonds is 7. The lowest BCUT2D eigenvalue weighted by Crippen LogP contribution is -2.23. The number of pyridine rings is 1. The molecule has 1 aromatic heterocycles. The zero-order valence-corrected chi connectivity index (χ0v) is 11.6. The highest BCUT2D eigenvalue weighted by Gasteiger charge is 2.26. The molecule has 0 amide bonds. The highest BCUT2D eigenvalue weighted by atomic mass is 16.5. The average Bonchev–Trinajstić information content (AvgIpc) is 2.37. The SMILES string of the molecule is CCCCC(C)(CCC)c1cccc(OC)n1. The molecule has 0 N–H and O–H groups in total. The van der Waals surface area contributed by atoms with Gasteiger partial charge in [-0.3, -0.25) is 0 Å². The molecule has 96 valence electrons. The maximum absolute atomic E-state index is 5.22. The van der Waals surface area contributed by atoms with Crippen LogP contribution in [0.25, 0.3) is 0 Å². The van der Waals surface area contributed by atoms with Crippen molar-refractivity contribution in [3.8, 4) is 5.88 Å². The van der Waals surface area contributed by atoms with Crippen LogP contribution in [0.4, 0.5) is 0 Å². The summed E-state index contributed by atoms with van der Waals surface area (Å²) in [5.41, 5.74) is 1.37. The van der Waals surface area contributed by atoms with Crippen molar-refractivity contribution < 1.29 is 4.74 Å². The molecule has 1 aromatic rings. The third-order valence-electron chi connectivity index (χ3n) is 3.43. The molecule has 1 rings (SSSR count). The van der Waals surface area contributed by atoms with E-state index in [1.165, 1.54) is 37.8 Å². The summed E-state index contributed by atoms with van der Waals surface area (Å²) in [5.74, 6) is 0.723. The van der Waals surface area contributed by atoms with E-state index in [2.05, 4.69) is 31.8 Å². The number of aromatic nitrogens is 1. The summed E-state index contributed by atoms with van der Waals surface area (Å²) in [5, 5.41) is 0. The van der Waals surface area contributed by atoms with Crippen molar-refractivity contribution in [2.45, 2.75) is 58.3 Å². The second kappa shape index (κ2) is 6.63. The highest BCUT2D eigenvalue weighted by Crippen LogP contribution is 2.33. The highest BCUT2D eigenvalue weighted by molar-refractivity contribution is 5.22. The Balaban J connectivity index is 2.94. The molecule has 0 aliphatic carbocycles. The van der Waals surface area contributed by atoms with Crippen LogP contribution in [0.15, 0.2) is 18.2 Å². The minimum Gasteiger partial charge on any atom is -0.481 e. The van der Waals surface area contributed by atoms with Crippen molar-refractivity contribution in [1.82, 2.24) is 4.98 Å². The van der Waals surface area contributed by atoms with Crippen LogP contribution in [0.3, 0.4) is 0 Å². The molecule has 0 radical (unpaired) electrons. The van der Waals surface area contributed by atoms with E-state index in [-0.39, 0.29) is 5.41 Å². The number of unbranched alkanes of at least 4 members (excludes halogenated alkanes) is 1. The molecule has 0 bridgehead atoms. The summed E-state index contributed by atoms with van der Waals surface area (Å²) >= 11 is 0. The quantitative estimate of drug-likeness (QED) is 0.701. The second-order valence-electron chi connectivity index (χ2n) is 4.98. The van der Waals surface area contributed by atoms with Gasteiger partial charge < -0.3 is 4.74 Å². The van der Waals surface area contributed by atoms with Gasteiger partial charge in [-0.05, 0) is 18.9 Å². The zero-order chi connectivity index (χ0) is 12.7. The predicted octanol–water partition coefficient (Wildman–Crippen LogP) is 4.34. The molecule has 0 aliphatic heterocycles. The predicted molar refractivity (Wildman–Crippen MR) is 72.6 cm³/mol. The van der Waals surface area contributed by atoms with Gasteiger partial charge in [0.1, 0.15) is 0 Å². The van der Waals surface area contributed by atoms with Gasteiger partial charge in [-0.25, -0.2) is 4.98 Å². The summed E-state index contributed by atoms with van der Waals surface area (Å²) in [6.07, 6.45) is 6.09. The fourth-order valence-corrected chi connectivity index (χ4v) is 2.36. The molecular weight excluding hydrogens is 210 g/mol. The van der Waals surface area contributed by atoms with Crippen molar-refractivity contribution in [1.29, 1.82) is 0 Å². The first-order valence-corrected chi connectivity index (χ1v) is 6.67. The van der Waals surface area contributed by atoms with Gasteiger partial charge >= 0.3 is 0 Å². The fourth-order valence-electron chi connectivity index (χ4n) is 2.36. The molecule has 0 aromatic carbocycles. The van der Waals surface area contributed by atoms with Gasteiger partial charge in [-0.1, -0.05) is 46.1 Å². The first kappa shape index (κ1) is 14.0. The number of methoxy groups -OCH3 is 1. The minimum absolute atomic E-state index is 0.194. The van der Waals surface area contributed by atoms with Crippen LogP contribution in [0, 0.1) is 0 Å². The van der Waals surface area contributed by atoms with E-state index in [0.717, 1.165) is 5.88 Å². The van der Waals surface area contributed by atoms with Crippen LogP contribution in [0.5, 0.6) is 5.88 Å². The van der Waals surface area contributed by atoms with E-state index in [4.69, 9.17) is 4.74 Å². The standard InChI is InChI=1S/C15H25NO/c1-5-7-12-15(3,11-6-2)13-9-8-10-14(16-13)17-4/h8-10H,5-7,11-12H2,1-4H3. The summed E-state index contributed by atoms with van der Waals surface area (Å²) in [6.45, 7) is 6.81. The van der Waals surface area contributed by atoms with Crippen molar-refractivity contribution >= 4 is 0 Å². The normalized spacial score (nSPS) is 14.4. The van der Waals surface area contributed by atoms with E-state index < -0.39 is 0 Å². The van der Waals surface area contributed by atoms with Gasteiger partial charge in [0.2, 0.25) is 5.88 Å². The van der Waals surface area contributed by atoms with Crippen molar-refractivity contribution in [2.75, 3.05) is 7.11 Å². The second-order valence-corrected chi connectivity index (χ2v) is 4.98. The Kier molecular flexibility index (Phi) is 5.46. The van der Waals surface area contributed by atoms with Crippen LogP contribution in [0.2, 0.25) is 0 Å². The molecule has 0 saturated heterocycles. The van der Waals surface area contributed by atoms with Gasteiger partial charge in [-0.2, -0.15) is 0 Å². The number of nitrogens with zero attached hydrogens (tertiary/aromatic N) is 1. The van der Waals surface area contributed by atoms with Gasteiger partial charge in [0.05, 0.1) is 12.8 Å². The van der Waals surface area contributed by atoms with Gasteiger partial charge in [-0.15, -0.1) is 0 Å². The first-order chi connectivity index (χ1) is 8.16. The minimum atomic E-state index is 0.194. The monoisotopic (exact) mass is 235 g/mol. The van der Waals surface area contributed by atoms with Crippen molar-refractivity contribution in [3.63, 3.8) is 0 Å². The Bertz CT molecular complexity index is 337. The third-order valence-corrected chi connectivity index (χ3v) is 3.43. The van der Waals surface area contributed by atoms with Crippen LogP contribution in [-0.2, 0) is 5.41 Å². The number of hydrogen-bond donors (Lipinski definition) is 0. The molecule has 0 spiro atoms. The maximum Gasteiger partial charge on any atom is 0.213 e. The van der Waals surface area contributed by atoms with Gasteiger partial charge in [0.25, 0.3) is 0 Å². The van der Waals surface area contributed by atoms with E-state index in [9.17, 15) is 0 Å². The number of ether oxygens (including phenoxy) is 1. The fraction of sp³-hybridized carbons (Fsp3) is 0.667. The Labute approximate surface area is 105 Å². The van der Waals surface area contributed by atoms with E-state index >= 15 is 0 Å². The van der Waals surface area contributed by atoms with E-state index in [1.807, 2.05) is 12.1 Å². The van der Waals surface area contributed by atoms with Crippen LogP contribution in [-0.4, -0.2) is 12.1 Å². The molecule has 0 saturated carbocycles. The van der Waals surface area contributed by atoms with E-state index in [0.29, 0.717) is 0 Å². The molecule has 1 heterocycles. The Morgan fingerprint density at radius 3 is 2.53 bits per heavy atom. The topological polar surface area (TPSA) is 22.1 Å². The summed E-state index contributed by atoms with van der Waals surface area (Å²) < 4.78 is 5.22. The zero-order valence-electron chi connectivity index (χ0n) is 11.6. The van der Waals surface area contributed by atoms with Crippen molar-refractivity contribution in [2.24, 2.45) is 0 Å². The molecule has 0 fully saturated rings. The third kappa shape index (κ3) is 3.72. The van der Waals surface area contributed by atoms with Crippen LogP contribution < -0.4 is 4.74 Å². The molecule has 1 atom stereocenters. The molecule has 2 nitrogen and oxygen atoms in total. The van der Waals surface area contributed by atoms with Crippen LogP contribution in [0.1, 0.15) is 58.6 Å². The summed E-state index contributed by atoms with van der Waals surface area (Å²) in [6, 6.07) is 6.09. The van der Waals surface area contributed by atoms with Crippen LogP contribution >= 0.6 is 0 Å². The lowest BCUT2D eigenvalue weighted by molar-refractivity contribution is 0.356. The summed E-state index contributed by atoms with van der Waals surface area (Å²) in [4.78, 5) is 4.61. The van der Waals surface area contributed by atoms with E-state index in [1.54, 1.807) is 7.11 Å². The van der Waals surface area contributed by atoms with Gasteiger partial charge in [0.15, 0.2) is 0 Å². The van der Waals surface area contributed by atoms with Gasteiger partial charge in [0, 0.05) is 11.5 Å². The molecule has 2 heteroatoms. The maximum atomic E-state index is 5.22. The average molecular weight is 235 g/mol. The molecular formula is C15H25NO. The summed E-state index contributed by atoms with van der Waals surface area (Å²) in [7, 11) is 1.68. The molecule has 0 aliphatic rings. The Morgan fingerprint density at radius 1 is 1.18 bits per heavy atom. The molecule has 17 heavy (non-hydrogen) atoms. The Morgan fingerprint density at radius 2 is 1.94 bits per heavy atom. The lowest BCUT2D eigenvalue weighted by Gasteiger charge is -2.29. The largest absolute Gasteiger partial charge is 0.481 e. The number of hydrogen-bond acceptors (Lipinski definition) is 2. The smallest absolute Gasteiger partial charge is 0.213 e. The van der Waals surface area contributed by atoms with Crippen molar-refractivity contribution in [3.05, 3.63) is 23.9 Å². The first-order valence-electron chi connectivity index (χ1n) is 6.67. The lowest BCUT2D eigenvalue weighted by atomic mass is 9.77. The molecule has 1 unspecified atom stereocenters.